The highest BCUT2D eigenvalue weighted by atomic mass is 16.6. The van der Waals surface area contributed by atoms with Gasteiger partial charge in [-0.25, -0.2) is 0 Å². The highest BCUT2D eigenvalue weighted by Crippen LogP contribution is 2.08. The van der Waals surface area contributed by atoms with Gasteiger partial charge in [0, 0.05) is 0 Å². The fraction of sp³-hybridized carbons (Fsp3) is 0.176. The Hall–Kier alpha value is -3.22. The van der Waals surface area contributed by atoms with Crippen molar-refractivity contribution in [3.8, 4) is 0 Å². The number of nitrogen functional groups attached to an aromatic ring is 1. The summed E-state index contributed by atoms with van der Waals surface area (Å²) in [5, 5.41) is 15.6. The Morgan fingerprint density at radius 2 is 1.83 bits per heavy atom. The topological polar surface area (TPSA) is 91.2 Å². The number of nitrogens with zero attached hydrogens (tertiary/aromatic N) is 5. The van der Waals surface area contributed by atoms with Crippen molar-refractivity contribution in [3.05, 3.63) is 71.3 Å². The molecule has 122 valence electrons. The Morgan fingerprint density at radius 3 is 2.50 bits per heavy atom. The van der Waals surface area contributed by atoms with Crippen LogP contribution in [0.15, 0.2) is 59.8 Å². The summed E-state index contributed by atoms with van der Waals surface area (Å²) in [7, 11) is 0. The summed E-state index contributed by atoms with van der Waals surface area (Å²) in [6.45, 7) is 2.89. The minimum atomic E-state index is 0.171. The molecule has 7 heteroatoms. The zero-order valence-corrected chi connectivity index (χ0v) is 13.3. The number of hydrogen-bond acceptors (Lipinski definition) is 6. The summed E-state index contributed by atoms with van der Waals surface area (Å²) < 4.78 is 0. The van der Waals surface area contributed by atoms with Gasteiger partial charge in [-0.3, -0.25) is 0 Å². The second-order valence-corrected chi connectivity index (χ2v) is 5.31. The van der Waals surface area contributed by atoms with Gasteiger partial charge in [0.1, 0.15) is 6.61 Å². The standard InChI is InChI=1S/C17H18N6O/c1-13(21-24-12-15-5-3-2-4-6-15)16-9-7-14(8-10-16)11-23-20-17(18)19-22-23/h2-10H,11-12H2,1H3,(H2,18,20). The predicted octanol–water partition coefficient (Wildman–Crippen LogP) is 2.24. The van der Waals surface area contributed by atoms with Crippen molar-refractivity contribution in [1.82, 2.24) is 20.2 Å². The van der Waals surface area contributed by atoms with E-state index in [0.29, 0.717) is 13.2 Å². The number of nitrogens with two attached hydrogens (primary N) is 1. The van der Waals surface area contributed by atoms with Crippen LogP contribution in [0.1, 0.15) is 23.6 Å². The number of hydrogen-bond donors (Lipinski definition) is 1. The third-order valence-electron chi connectivity index (χ3n) is 3.44. The normalized spacial score (nSPS) is 11.5. The molecule has 7 nitrogen and oxygen atoms in total. The molecule has 2 aromatic carbocycles. The number of oxime groups is 1. The number of anilines is 1. The third kappa shape index (κ3) is 4.16. The van der Waals surface area contributed by atoms with Crippen molar-refractivity contribution in [2.75, 3.05) is 5.73 Å². The van der Waals surface area contributed by atoms with Crippen LogP contribution < -0.4 is 5.73 Å². The maximum Gasteiger partial charge on any atom is 0.260 e. The zero-order chi connectivity index (χ0) is 16.8. The van der Waals surface area contributed by atoms with Gasteiger partial charge in [0.15, 0.2) is 0 Å². The van der Waals surface area contributed by atoms with Gasteiger partial charge in [-0.05, 0) is 28.8 Å². The molecular formula is C17H18N6O. The zero-order valence-electron chi connectivity index (χ0n) is 13.3. The summed E-state index contributed by atoms with van der Waals surface area (Å²) in [6, 6.07) is 17.9. The lowest BCUT2D eigenvalue weighted by molar-refractivity contribution is 0.130. The van der Waals surface area contributed by atoms with Gasteiger partial charge in [-0.2, -0.15) is 4.80 Å². The summed E-state index contributed by atoms with van der Waals surface area (Å²) >= 11 is 0. The lowest BCUT2D eigenvalue weighted by Crippen LogP contribution is -2.05. The van der Waals surface area contributed by atoms with Crippen molar-refractivity contribution in [2.24, 2.45) is 5.16 Å². The molecule has 1 heterocycles. The van der Waals surface area contributed by atoms with Gasteiger partial charge < -0.3 is 10.6 Å². The van der Waals surface area contributed by atoms with Crippen LogP contribution in [0.2, 0.25) is 0 Å². The molecular weight excluding hydrogens is 304 g/mol. The molecule has 0 atom stereocenters. The Morgan fingerprint density at radius 1 is 1.08 bits per heavy atom. The van der Waals surface area contributed by atoms with E-state index in [-0.39, 0.29) is 5.95 Å². The summed E-state index contributed by atoms with van der Waals surface area (Å²) in [5.74, 6) is 0.171. The van der Waals surface area contributed by atoms with Gasteiger partial charge in [0.05, 0.1) is 12.3 Å². The van der Waals surface area contributed by atoms with Crippen LogP contribution in [-0.4, -0.2) is 25.9 Å². The molecule has 24 heavy (non-hydrogen) atoms. The van der Waals surface area contributed by atoms with E-state index in [1.54, 1.807) is 0 Å². The molecule has 0 amide bonds. The van der Waals surface area contributed by atoms with Crippen molar-refractivity contribution in [1.29, 1.82) is 0 Å². The fourth-order valence-corrected chi connectivity index (χ4v) is 2.17. The van der Waals surface area contributed by atoms with E-state index in [1.807, 2.05) is 61.5 Å². The molecule has 0 saturated heterocycles. The number of rotatable bonds is 6. The maximum atomic E-state index is 5.45. The molecule has 0 saturated carbocycles. The van der Waals surface area contributed by atoms with E-state index >= 15 is 0 Å². The first kappa shape index (κ1) is 15.7. The second kappa shape index (κ2) is 7.36. The van der Waals surface area contributed by atoms with Gasteiger partial charge in [-0.15, -0.1) is 5.10 Å². The molecule has 3 aromatic rings. The molecule has 0 aliphatic carbocycles. The molecule has 0 spiro atoms. The molecule has 3 rings (SSSR count). The van der Waals surface area contributed by atoms with Crippen LogP contribution in [0.4, 0.5) is 5.95 Å². The van der Waals surface area contributed by atoms with E-state index in [4.69, 9.17) is 10.6 Å². The van der Waals surface area contributed by atoms with Crippen molar-refractivity contribution in [3.63, 3.8) is 0 Å². The van der Waals surface area contributed by atoms with Gasteiger partial charge in [0.2, 0.25) is 0 Å². The van der Waals surface area contributed by atoms with E-state index in [9.17, 15) is 0 Å². The monoisotopic (exact) mass is 322 g/mol. The van der Waals surface area contributed by atoms with Crippen LogP contribution in [0.5, 0.6) is 0 Å². The quantitative estimate of drug-likeness (QED) is 0.555. The van der Waals surface area contributed by atoms with Crippen LogP contribution in [0.25, 0.3) is 0 Å². The highest BCUT2D eigenvalue weighted by Gasteiger charge is 2.02. The largest absolute Gasteiger partial charge is 0.391 e. The second-order valence-electron chi connectivity index (χ2n) is 5.31. The van der Waals surface area contributed by atoms with E-state index in [2.05, 4.69) is 20.6 Å². The van der Waals surface area contributed by atoms with E-state index in [0.717, 1.165) is 22.4 Å². The minimum absolute atomic E-state index is 0.171. The smallest absolute Gasteiger partial charge is 0.260 e. The Bertz CT molecular complexity index is 811. The Balaban J connectivity index is 1.58. The van der Waals surface area contributed by atoms with Crippen molar-refractivity contribution >= 4 is 11.7 Å². The average Bonchev–Trinajstić information content (AvgIpc) is 3.01. The van der Waals surface area contributed by atoms with Gasteiger partial charge in [0.25, 0.3) is 5.95 Å². The summed E-state index contributed by atoms with van der Waals surface area (Å²) in [4.78, 5) is 6.86. The number of benzene rings is 2. The molecule has 0 aliphatic heterocycles. The number of tetrazole rings is 1. The molecule has 1 aromatic heterocycles. The molecule has 0 bridgehead atoms. The average molecular weight is 322 g/mol. The van der Waals surface area contributed by atoms with Crippen LogP contribution in [-0.2, 0) is 18.0 Å². The molecule has 0 aliphatic rings. The lowest BCUT2D eigenvalue weighted by atomic mass is 10.1. The summed E-state index contributed by atoms with van der Waals surface area (Å²) in [5.41, 5.74) is 9.40. The maximum absolute atomic E-state index is 5.45. The first-order chi connectivity index (χ1) is 11.7. The van der Waals surface area contributed by atoms with E-state index in [1.165, 1.54) is 4.80 Å². The molecule has 0 fully saturated rings. The van der Waals surface area contributed by atoms with Crippen LogP contribution >= 0.6 is 0 Å². The third-order valence-corrected chi connectivity index (χ3v) is 3.44. The molecule has 2 N–H and O–H groups in total. The predicted molar refractivity (Wildman–Crippen MR) is 91.2 cm³/mol. The van der Waals surface area contributed by atoms with E-state index < -0.39 is 0 Å². The first-order valence-corrected chi connectivity index (χ1v) is 7.54. The van der Waals surface area contributed by atoms with Crippen molar-refractivity contribution < 1.29 is 4.84 Å². The van der Waals surface area contributed by atoms with Crippen LogP contribution in [0, 0.1) is 0 Å². The van der Waals surface area contributed by atoms with Crippen molar-refractivity contribution in [2.45, 2.75) is 20.1 Å². The number of aromatic nitrogens is 4. The Kier molecular flexibility index (Phi) is 4.81. The minimum Gasteiger partial charge on any atom is -0.391 e. The Labute approximate surface area is 139 Å². The summed E-state index contributed by atoms with van der Waals surface area (Å²) in [6.07, 6.45) is 0. The SMILES string of the molecule is CC(=NOCc1ccccc1)c1ccc(Cn2nnc(N)n2)cc1. The lowest BCUT2D eigenvalue weighted by Gasteiger charge is -2.04. The first-order valence-electron chi connectivity index (χ1n) is 7.54. The van der Waals surface area contributed by atoms with Gasteiger partial charge in [-0.1, -0.05) is 64.9 Å². The van der Waals surface area contributed by atoms with Gasteiger partial charge >= 0.3 is 0 Å². The molecule has 0 radical (unpaired) electrons. The molecule has 0 unspecified atom stereocenters. The highest BCUT2D eigenvalue weighted by molar-refractivity contribution is 5.98. The fourth-order valence-electron chi connectivity index (χ4n) is 2.17. The van der Waals surface area contributed by atoms with Crippen LogP contribution in [0.3, 0.4) is 0 Å².